The van der Waals surface area contributed by atoms with Crippen LogP contribution in [0.15, 0.2) is 30.5 Å². The zero-order valence-electron chi connectivity index (χ0n) is 17.6. The highest BCUT2D eigenvalue weighted by Crippen LogP contribution is 2.41. The van der Waals surface area contributed by atoms with Gasteiger partial charge in [0.1, 0.15) is 6.54 Å². The van der Waals surface area contributed by atoms with Crippen molar-refractivity contribution in [3.8, 4) is 0 Å². The van der Waals surface area contributed by atoms with E-state index in [1.54, 1.807) is 4.68 Å². The summed E-state index contributed by atoms with van der Waals surface area (Å²) in [6.07, 6.45) is 6.60. The molecule has 30 heavy (non-hydrogen) atoms. The number of amides is 1. The molecule has 5 rings (SSSR count). The van der Waals surface area contributed by atoms with Crippen molar-refractivity contribution >= 4 is 16.8 Å². The van der Waals surface area contributed by atoms with E-state index in [4.69, 9.17) is 4.74 Å². The maximum absolute atomic E-state index is 12.9. The summed E-state index contributed by atoms with van der Waals surface area (Å²) in [4.78, 5) is 17.4. The van der Waals surface area contributed by atoms with Crippen molar-refractivity contribution in [3.63, 3.8) is 0 Å². The summed E-state index contributed by atoms with van der Waals surface area (Å²) in [5, 5.41) is 16.2. The molecule has 1 atom stereocenters. The standard InChI is InChI=1S/C23H32N4O3/c28-20-13-23(17-26(15-20)19-5-11-30-12-6-19)7-9-25(10-8-23)22(29)16-27-14-18-3-1-2-4-21(18)24-27/h1-4,14,19-20,28H,5-13,15-17H2. The summed E-state index contributed by atoms with van der Waals surface area (Å²) in [7, 11) is 0. The van der Waals surface area contributed by atoms with Crippen LogP contribution >= 0.6 is 0 Å². The monoisotopic (exact) mass is 412 g/mol. The third kappa shape index (κ3) is 4.11. The number of likely N-dealkylation sites (tertiary alicyclic amines) is 2. The SMILES string of the molecule is O=C(Cn1cc2ccccc2n1)N1CCC2(CC1)CC(O)CN(C1CCOCC1)C2. The molecule has 3 aliphatic rings. The Balaban J connectivity index is 1.20. The number of hydrogen-bond acceptors (Lipinski definition) is 5. The number of ether oxygens (including phenoxy) is 1. The molecule has 0 radical (unpaired) electrons. The highest BCUT2D eigenvalue weighted by Gasteiger charge is 2.43. The fourth-order valence-electron chi connectivity index (χ4n) is 5.65. The third-order valence-electron chi connectivity index (χ3n) is 7.29. The predicted molar refractivity (Wildman–Crippen MR) is 114 cm³/mol. The minimum atomic E-state index is -0.264. The van der Waals surface area contributed by atoms with Crippen molar-refractivity contribution in [2.75, 3.05) is 39.4 Å². The zero-order valence-corrected chi connectivity index (χ0v) is 17.6. The van der Waals surface area contributed by atoms with E-state index in [0.717, 1.165) is 82.4 Å². The van der Waals surface area contributed by atoms with Gasteiger partial charge in [0.15, 0.2) is 0 Å². The van der Waals surface area contributed by atoms with Crippen LogP contribution in [-0.2, 0) is 16.1 Å². The molecule has 7 heteroatoms. The fraction of sp³-hybridized carbons (Fsp3) is 0.652. The van der Waals surface area contributed by atoms with Gasteiger partial charge >= 0.3 is 0 Å². The van der Waals surface area contributed by atoms with Crippen molar-refractivity contribution in [1.29, 1.82) is 0 Å². The van der Waals surface area contributed by atoms with Gasteiger partial charge in [-0.2, -0.15) is 5.10 Å². The molecule has 3 fully saturated rings. The molecule has 162 valence electrons. The van der Waals surface area contributed by atoms with E-state index < -0.39 is 0 Å². The first kappa shape index (κ1) is 20.0. The zero-order chi connectivity index (χ0) is 20.6. The van der Waals surface area contributed by atoms with Crippen LogP contribution in [0.4, 0.5) is 0 Å². The van der Waals surface area contributed by atoms with E-state index in [9.17, 15) is 9.90 Å². The predicted octanol–water partition coefficient (Wildman–Crippen LogP) is 1.89. The number of carbonyl (C=O) groups excluding carboxylic acids is 1. The Morgan fingerprint density at radius 3 is 2.73 bits per heavy atom. The molecule has 3 saturated heterocycles. The normalized spacial score (nSPS) is 25.8. The Labute approximate surface area is 177 Å². The van der Waals surface area contributed by atoms with E-state index in [2.05, 4.69) is 10.00 Å². The van der Waals surface area contributed by atoms with Gasteiger partial charge in [0.05, 0.1) is 11.6 Å². The number of piperidine rings is 2. The van der Waals surface area contributed by atoms with Gasteiger partial charge < -0.3 is 14.7 Å². The molecule has 1 aromatic carbocycles. The van der Waals surface area contributed by atoms with Crippen LogP contribution in [0, 0.1) is 5.41 Å². The average molecular weight is 413 g/mol. The largest absolute Gasteiger partial charge is 0.392 e. The maximum atomic E-state index is 12.9. The Bertz CT molecular complexity index is 850. The van der Waals surface area contributed by atoms with Gasteiger partial charge in [-0.15, -0.1) is 0 Å². The van der Waals surface area contributed by atoms with Crippen molar-refractivity contribution in [1.82, 2.24) is 19.6 Å². The lowest BCUT2D eigenvalue weighted by Gasteiger charge is -2.51. The molecule has 1 amide bonds. The Kier molecular flexibility index (Phi) is 5.52. The maximum Gasteiger partial charge on any atom is 0.244 e. The van der Waals surface area contributed by atoms with Gasteiger partial charge in [-0.1, -0.05) is 18.2 Å². The van der Waals surface area contributed by atoms with Gasteiger partial charge in [0.2, 0.25) is 5.91 Å². The number of nitrogens with zero attached hydrogens (tertiary/aromatic N) is 4. The van der Waals surface area contributed by atoms with E-state index in [-0.39, 0.29) is 17.4 Å². The first-order chi connectivity index (χ1) is 14.6. The summed E-state index contributed by atoms with van der Waals surface area (Å²) < 4.78 is 7.28. The second kappa shape index (κ2) is 8.29. The van der Waals surface area contributed by atoms with Crippen LogP contribution in [0.3, 0.4) is 0 Å². The lowest BCUT2D eigenvalue weighted by molar-refractivity contribution is -0.136. The average Bonchev–Trinajstić information content (AvgIpc) is 3.16. The van der Waals surface area contributed by atoms with Gasteiger partial charge in [-0.3, -0.25) is 14.4 Å². The van der Waals surface area contributed by atoms with Gasteiger partial charge in [-0.05, 0) is 43.6 Å². The molecule has 2 aromatic rings. The van der Waals surface area contributed by atoms with E-state index in [1.165, 1.54) is 0 Å². The van der Waals surface area contributed by atoms with Crippen LogP contribution < -0.4 is 0 Å². The minimum absolute atomic E-state index is 0.132. The summed E-state index contributed by atoms with van der Waals surface area (Å²) in [6, 6.07) is 8.47. The number of rotatable bonds is 3. The number of aliphatic hydroxyl groups excluding tert-OH is 1. The molecule has 4 heterocycles. The molecule has 1 aromatic heterocycles. The molecule has 1 unspecified atom stereocenters. The number of hydrogen-bond donors (Lipinski definition) is 1. The Hall–Kier alpha value is -1.96. The van der Waals surface area contributed by atoms with Crippen molar-refractivity contribution < 1.29 is 14.6 Å². The van der Waals surface area contributed by atoms with Crippen molar-refractivity contribution in [2.24, 2.45) is 5.41 Å². The van der Waals surface area contributed by atoms with Crippen molar-refractivity contribution in [3.05, 3.63) is 30.5 Å². The summed E-state index contributed by atoms with van der Waals surface area (Å²) in [5.41, 5.74) is 1.06. The van der Waals surface area contributed by atoms with Crippen LogP contribution in [0.25, 0.3) is 10.9 Å². The molecule has 1 spiro atoms. The van der Waals surface area contributed by atoms with Crippen LogP contribution in [0.2, 0.25) is 0 Å². The Morgan fingerprint density at radius 1 is 1.20 bits per heavy atom. The molecule has 0 saturated carbocycles. The quantitative estimate of drug-likeness (QED) is 0.834. The molecule has 1 N–H and O–H groups in total. The van der Waals surface area contributed by atoms with Gasteiger partial charge in [0, 0.05) is 57.0 Å². The number of β-amino-alcohol motifs (C(OH)–C–C–N with tert-alkyl or cyclic N) is 1. The number of aliphatic hydroxyl groups is 1. The van der Waals surface area contributed by atoms with Crippen LogP contribution in [-0.4, -0.2) is 82.1 Å². The molecule has 3 aliphatic heterocycles. The number of carbonyl (C=O) groups is 1. The first-order valence-corrected chi connectivity index (χ1v) is 11.3. The molecule has 0 aliphatic carbocycles. The topological polar surface area (TPSA) is 70.8 Å². The highest BCUT2D eigenvalue weighted by molar-refractivity contribution is 5.80. The second-order valence-corrected chi connectivity index (χ2v) is 9.40. The fourth-order valence-corrected chi connectivity index (χ4v) is 5.65. The Morgan fingerprint density at radius 2 is 1.97 bits per heavy atom. The van der Waals surface area contributed by atoms with Crippen LogP contribution in [0.5, 0.6) is 0 Å². The van der Waals surface area contributed by atoms with E-state index >= 15 is 0 Å². The molecular formula is C23H32N4O3. The summed E-state index contributed by atoms with van der Waals surface area (Å²) in [6.45, 7) is 5.31. The lowest BCUT2D eigenvalue weighted by atomic mass is 9.71. The van der Waals surface area contributed by atoms with E-state index in [1.807, 2.05) is 35.4 Å². The first-order valence-electron chi connectivity index (χ1n) is 11.3. The smallest absolute Gasteiger partial charge is 0.244 e. The van der Waals surface area contributed by atoms with Gasteiger partial charge in [0.25, 0.3) is 0 Å². The minimum Gasteiger partial charge on any atom is -0.392 e. The lowest BCUT2D eigenvalue weighted by Crippen LogP contribution is -2.57. The molecular weight excluding hydrogens is 380 g/mol. The molecule has 7 nitrogen and oxygen atoms in total. The number of aromatic nitrogens is 2. The van der Waals surface area contributed by atoms with Crippen LogP contribution in [0.1, 0.15) is 32.1 Å². The summed E-state index contributed by atoms with van der Waals surface area (Å²) >= 11 is 0. The summed E-state index contributed by atoms with van der Waals surface area (Å²) in [5.74, 6) is 0.135. The highest BCUT2D eigenvalue weighted by atomic mass is 16.5. The molecule has 0 bridgehead atoms. The second-order valence-electron chi connectivity index (χ2n) is 9.40. The van der Waals surface area contributed by atoms with E-state index in [0.29, 0.717) is 12.6 Å². The van der Waals surface area contributed by atoms with Crippen molar-refractivity contribution in [2.45, 2.75) is 50.8 Å². The number of benzene rings is 1. The third-order valence-corrected chi connectivity index (χ3v) is 7.29. The van der Waals surface area contributed by atoms with Gasteiger partial charge in [-0.25, -0.2) is 0 Å². The number of fused-ring (bicyclic) bond motifs is 1.